The molecule has 1 aromatic heterocycles. The lowest BCUT2D eigenvalue weighted by Crippen LogP contribution is -2.51. The number of likely N-dealkylation sites (tertiary alicyclic amines) is 1. The minimum Gasteiger partial charge on any atom is -0.340 e. The number of nitrogens with zero attached hydrogens (tertiary/aromatic N) is 4. The maximum absolute atomic E-state index is 12.8. The van der Waals surface area contributed by atoms with Gasteiger partial charge in [0.1, 0.15) is 0 Å². The third-order valence-corrected chi connectivity index (χ3v) is 5.39. The molecule has 0 aliphatic carbocycles. The fraction of sp³-hybridized carbons (Fsp3) is 0.500. The van der Waals surface area contributed by atoms with E-state index in [-0.39, 0.29) is 18.3 Å². The quantitative estimate of drug-likeness (QED) is 0.868. The van der Waals surface area contributed by atoms with E-state index in [4.69, 9.17) is 0 Å². The van der Waals surface area contributed by atoms with Crippen molar-refractivity contribution in [1.29, 1.82) is 0 Å². The largest absolute Gasteiger partial charge is 0.340 e. The predicted molar refractivity (Wildman–Crippen MR) is 108 cm³/mol. The standard InChI is InChI=1S/C20H27N5O.ClH/c26-20(24-13-10-21-11-14-24)17-5-4-12-23(15-17)16-19-8-9-22-25(19)18-6-2-1-3-7-18;/h1-3,6-9,17,21H,4-5,10-16H2;1H. The van der Waals surface area contributed by atoms with Crippen LogP contribution < -0.4 is 5.32 Å². The van der Waals surface area contributed by atoms with E-state index in [0.29, 0.717) is 5.91 Å². The first-order valence-electron chi connectivity index (χ1n) is 9.61. The second-order valence-electron chi connectivity index (χ2n) is 7.22. The molecule has 7 heteroatoms. The first kappa shape index (κ1) is 19.9. The number of halogens is 1. The summed E-state index contributed by atoms with van der Waals surface area (Å²) in [6, 6.07) is 12.3. The summed E-state index contributed by atoms with van der Waals surface area (Å²) in [6.07, 6.45) is 3.95. The number of benzene rings is 1. The number of aromatic nitrogens is 2. The van der Waals surface area contributed by atoms with Crippen molar-refractivity contribution in [3.05, 3.63) is 48.3 Å². The number of hydrogen-bond donors (Lipinski definition) is 1. The molecule has 2 aromatic rings. The molecule has 3 heterocycles. The fourth-order valence-electron chi connectivity index (χ4n) is 4.03. The van der Waals surface area contributed by atoms with Crippen LogP contribution in [0.15, 0.2) is 42.6 Å². The fourth-order valence-corrected chi connectivity index (χ4v) is 4.03. The number of hydrogen-bond acceptors (Lipinski definition) is 4. The van der Waals surface area contributed by atoms with Gasteiger partial charge < -0.3 is 10.2 Å². The summed E-state index contributed by atoms with van der Waals surface area (Å²) in [6.45, 7) is 6.25. The van der Waals surface area contributed by atoms with Gasteiger partial charge >= 0.3 is 0 Å². The molecule has 1 aromatic carbocycles. The number of rotatable bonds is 4. The normalized spacial score (nSPS) is 20.9. The molecule has 1 N–H and O–H groups in total. The van der Waals surface area contributed by atoms with Gasteiger partial charge in [-0.05, 0) is 37.6 Å². The molecule has 0 spiro atoms. The Morgan fingerprint density at radius 1 is 1.11 bits per heavy atom. The van der Waals surface area contributed by atoms with Crippen molar-refractivity contribution in [2.75, 3.05) is 39.3 Å². The highest BCUT2D eigenvalue weighted by molar-refractivity contribution is 5.85. The van der Waals surface area contributed by atoms with Crippen molar-refractivity contribution < 1.29 is 4.79 Å². The molecule has 1 amide bonds. The first-order chi connectivity index (χ1) is 12.8. The van der Waals surface area contributed by atoms with Gasteiger partial charge in [0.15, 0.2) is 0 Å². The van der Waals surface area contributed by atoms with Crippen molar-refractivity contribution in [3.63, 3.8) is 0 Å². The van der Waals surface area contributed by atoms with E-state index >= 15 is 0 Å². The van der Waals surface area contributed by atoms with E-state index in [1.54, 1.807) is 0 Å². The van der Waals surface area contributed by atoms with E-state index in [9.17, 15) is 4.79 Å². The second kappa shape index (κ2) is 9.35. The van der Waals surface area contributed by atoms with Gasteiger partial charge in [0.2, 0.25) is 5.91 Å². The van der Waals surface area contributed by atoms with Crippen LogP contribution in [-0.4, -0.2) is 64.8 Å². The molecule has 6 nitrogen and oxygen atoms in total. The molecule has 4 rings (SSSR count). The van der Waals surface area contributed by atoms with E-state index in [0.717, 1.165) is 64.3 Å². The van der Waals surface area contributed by atoms with E-state index < -0.39 is 0 Å². The zero-order valence-corrected chi connectivity index (χ0v) is 16.4. The van der Waals surface area contributed by atoms with Gasteiger partial charge in [0.25, 0.3) is 0 Å². The van der Waals surface area contributed by atoms with Crippen molar-refractivity contribution in [2.24, 2.45) is 5.92 Å². The Bertz CT molecular complexity index is 729. The summed E-state index contributed by atoms with van der Waals surface area (Å²) in [4.78, 5) is 17.3. The molecule has 2 aliphatic rings. The summed E-state index contributed by atoms with van der Waals surface area (Å²) in [5.41, 5.74) is 2.25. The number of piperidine rings is 1. The third kappa shape index (κ3) is 4.69. The Hall–Kier alpha value is -1.89. The van der Waals surface area contributed by atoms with E-state index in [2.05, 4.69) is 33.5 Å². The zero-order valence-electron chi connectivity index (χ0n) is 15.6. The molecule has 146 valence electrons. The van der Waals surface area contributed by atoms with Crippen LogP contribution in [0.1, 0.15) is 18.5 Å². The minimum atomic E-state index is 0. The average molecular weight is 390 g/mol. The lowest BCUT2D eigenvalue weighted by atomic mass is 9.96. The number of carbonyl (C=O) groups excluding carboxylic acids is 1. The topological polar surface area (TPSA) is 53.4 Å². The van der Waals surface area contributed by atoms with Gasteiger partial charge in [-0.25, -0.2) is 4.68 Å². The van der Waals surface area contributed by atoms with Gasteiger partial charge in [-0.1, -0.05) is 18.2 Å². The minimum absolute atomic E-state index is 0. The van der Waals surface area contributed by atoms with Gasteiger partial charge in [-0.15, -0.1) is 12.4 Å². The van der Waals surface area contributed by atoms with Crippen LogP contribution in [0.2, 0.25) is 0 Å². The van der Waals surface area contributed by atoms with Crippen molar-refractivity contribution in [1.82, 2.24) is 24.9 Å². The SMILES string of the molecule is Cl.O=C(C1CCCN(Cc2ccnn2-c2ccccc2)C1)N1CCNCC1. The molecule has 2 aliphatic heterocycles. The highest BCUT2D eigenvalue weighted by atomic mass is 35.5. The molecule has 2 fully saturated rings. The Balaban J connectivity index is 0.00000210. The molecular formula is C20H28ClN5O. The molecule has 27 heavy (non-hydrogen) atoms. The van der Waals surface area contributed by atoms with E-state index in [1.165, 1.54) is 5.69 Å². The summed E-state index contributed by atoms with van der Waals surface area (Å²) >= 11 is 0. The van der Waals surface area contributed by atoms with Crippen LogP contribution in [0, 0.1) is 5.92 Å². The van der Waals surface area contributed by atoms with Crippen LogP contribution in [0.25, 0.3) is 5.69 Å². The molecule has 0 radical (unpaired) electrons. The Kier molecular flexibility index (Phi) is 6.88. The lowest BCUT2D eigenvalue weighted by molar-refractivity contribution is -0.138. The lowest BCUT2D eigenvalue weighted by Gasteiger charge is -2.36. The number of amides is 1. The first-order valence-corrected chi connectivity index (χ1v) is 9.61. The van der Waals surface area contributed by atoms with Crippen LogP contribution in [0.4, 0.5) is 0 Å². The summed E-state index contributed by atoms with van der Waals surface area (Å²) in [5.74, 6) is 0.475. The molecule has 0 saturated carbocycles. The Labute approximate surface area is 166 Å². The average Bonchev–Trinajstić information content (AvgIpc) is 3.17. The van der Waals surface area contributed by atoms with Gasteiger partial charge in [-0.3, -0.25) is 9.69 Å². The number of nitrogens with one attached hydrogen (secondary N) is 1. The highest BCUT2D eigenvalue weighted by Gasteiger charge is 2.30. The Morgan fingerprint density at radius 3 is 2.67 bits per heavy atom. The molecule has 1 atom stereocenters. The summed E-state index contributed by atoms with van der Waals surface area (Å²) in [5, 5.41) is 7.81. The molecule has 1 unspecified atom stereocenters. The zero-order chi connectivity index (χ0) is 17.8. The van der Waals surface area contributed by atoms with Gasteiger partial charge in [0, 0.05) is 45.5 Å². The maximum Gasteiger partial charge on any atom is 0.227 e. The molecule has 0 bridgehead atoms. The monoisotopic (exact) mass is 389 g/mol. The number of piperazine rings is 1. The number of carbonyl (C=O) groups is 1. The van der Waals surface area contributed by atoms with Crippen LogP contribution in [-0.2, 0) is 11.3 Å². The second-order valence-corrected chi connectivity index (χ2v) is 7.22. The summed E-state index contributed by atoms with van der Waals surface area (Å²) in [7, 11) is 0. The smallest absolute Gasteiger partial charge is 0.227 e. The maximum atomic E-state index is 12.8. The van der Waals surface area contributed by atoms with Crippen molar-refractivity contribution in [3.8, 4) is 5.69 Å². The van der Waals surface area contributed by atoms with Crippen LogP contribution in [0.5, 0.6) is 0 Å². The van der Waals surface area contributed by atoms with Crippen molar-refractivity contribution in [2.45, 2.75) is 19.4 Å². The van der Waals surface area contributed by atoms with Gasteiger partial charge in [-0.2, -0.15) is 5.10 Å². The Morgan fingerprint density at radius 2 is 1.89 bits per heavy atom. The molecule has 2 saturated heterocycles. The predicted octanol–water partition coefficient (Wildman–Crippen LogP) is 1.94. The van der Waals surface area contributed by atoms with Crippen molar-refractivity contribution >= 4 is 18.3 Å². The van der Waals surface area contributed by atoms with Gasteiger partial charge in [0.05, 0.1) is 17.3 Å². The summed E-state index contributed by atoms with van der Waals surface area (Å²) < 4.78 is 2.00. The van der Waals surface area contributed by atoms with Crippen LogP contribution in [0.3, 0.4) is 0 Å². The third-order valence-electron chi connectivity index (χ3n) is 5.39. The number of para-hydroxylation sites is 1. The van der Waals surface area contributed by atoms with E-state index in [1.807, 2.05) is 34.0 Å². The highest BCUT2D eigenvalue weighted by Crippen LogP contribution is 2.21. The van der Waals surface area contributed by atoms with Crippen LogP contribution >= 0.6 is 12.4 Å². The molecular weight excluding hydrogens is 362 g/mol.